The fourth-order valence-electron chi connectivity index (χ4n) is 5.52. The number of thiophene rings is 1. The van der Waals surface area contributed by atoms with Crippen molar-refractivity contribution in [1.82, 2.24) is 0 Å². The molecule has 4 aromatic rings. The number of carbonyl (C=O) groups is 1. The lowest BCUT2D eigenvalue weighted by Crippen LogP contribution is -2.27. The second-order valence-electron chi connectivity index (χ2n) is 11.4. The van der Waals surface area contributed by atoms with Crippen molar-refractivity contribution < 1.29 is 4.79 Å². The van der Waals surface area contributed by atoms with Crippen LogP contribution >= 0.6 is 23.1 Å². The van der Waals surface area contributed by atoms with E-state index in [-0.39, 0.29) is 11.3 Å². The molecule has 2 aliphatic rings. The third kappa shape index (κ3) is 5.15. The highest BCUT2D eigenvalue weighted by atomic mass is 32.2. The molecule has 2 heterocycles. The predicted molar refractivity (Wildman–Crippen MR) is 166 cm³/mol. The van der Waals surface area contributed by atoms with E-state index in [1.54, 1.807) is 23.1 Å². The Morgan fingerprint density at radius 2 is 1.74 bits per heavy atom. The fourth-order valence-corrected chi connectivity index (χ4v) is 7.99. The first-order valence-electron chi connectivity index (χ1n) is 13.5. The summed E-state index contributed by atoms with van der Waals surface area (Å²) in [5.74, 6) is 0.530. The van der Waals surface area contributed by atoms with Crippen molar-refractivity contribution in [2.75, 3.05) is 17.3 Å². The van der Waals surface area contributed by atoms with Crippen molar-refractivity contribution in [3.63, 3.8) is 0 Å². The third-order valence-corrected chi connectivity index (χ3v) is 10.1. The maximum Gasteiger partial charge on any atom is 0.259 e. The summed E-state index contributed by atoms with van der Waals surface area (Å²) in [4.78, 5) is 24.6. The summed E-state index contributed by atoms with van der Waals surface area (Å²) in [6.45, 7) is 6.97. The average Bonchev–Trinajstić information content (AvgIpc) is 3.30. The van der Waals surface area contributed by atoms with E-state index >= 15 is 0 Å². The van der Waals surface area contributed by atoms with Crippen molar-refractivity contribution in [3.8, 4) is 0 Å². The molecule has 0 radical (unpaired) electrons. The van der Waals surface area contributed by atoms with Gasteiger partial charge < -0.3 is 10.2 Å². The number of hydrogen-bond donors (Lipinski definition) is 1. The lowest BCUT2D eigenvalue weighted by molar-refractivity contribution is 0.102. The van der Waals surface area contributed by atoms with Gasteiger partial charge in [-0.25, -0.2) is 4.99 Å². The second kappa shape index (κ2) is 10.3. The Balaban J connectivity index is 1.33. The number of anilines is 3. The molecule has 1 N–H and O–H groups in total. The molecule has 0 saturated carbocycles. The van der Waals surface area contributed by atoms with Crippen molar-refractivity contribution in [2.24, 2.45) is 16.3 Å². The number of carbonyl (C=O) groups excluding carboxylic acids is 1. The maximum atomic E-state index is 13.6. The summed E-state index contributed by atoms with van der Waals surface area (Å²) >= 11 is 3.48. The van der Waals surface area contributed by atoms with Gasteiger partial charge in [0.25, 0.3) is 5.91 Å². The molecular formula is C33H33N3OS2. The molecule has 3 aromatic carbocycles. The topological polar surface area (TPSA) is 44.7 Å². The highest BCUT2D eigenvalue weighted by molar-refractivity contribution is 7.99. The zero-order valence-corrected chi connectivity index (χ0v) is 24.5. The van der Waals surface area contributed by atoms with Crippen molar-refractivity contribution >= 4 is 57.3 Å². The van der Waals surface area contributed by atoms with Gasteiger partial charge in [-0.05, 0) is 78.1 Å². The summed E-state index contributed by atoms with van der Waals surface area (Å²) in [7, 11) is 2.11. The SMILES string of the molecule is CN1c2ccccc2Sc2cc(/C=N/c3sc4c(c3C(=O)Nc3ccccc3)CCC(C(C)(C)C)C4)ccc21. The number of rotatable bonds is 4. The zero-order valence-electron chi connectivity index (χ0n) is 22.8. The quantitative estimate of drug-likeness (QED) is 0.257. The first kappa shape index (κ1) is 25.9. The van der Waals surface area contributed by atoms with Gasteiger partial charge in [-0.15, -0.1) is 11.3 Å². The molecule has 6 rings (SSSR count). The van der Waals surface area contributed by atoms with Gasteiger partial charge in [0.1, 0.15) is 5.00 Å². The standard InChI is InChI=1S/C33H33N3OS2/c1-33(2,3)22-15-16-24-28(19-22)39-32(30(24)31(37)35-23-10-6-5-7-11-23)34-20-21-14-17-26-29(18-21)38-27-13-9-8-12-25(27)36(26)4/h5-14,17-18,20,22H,15-16,19H2,1-4H3,(H,35,37)/b34-20+. The normalized spacial score (nSPS) is 16.5. The van der Waals surface area contributed by atoms with Crippen LogP contribution in [-0.2, 0) is 12.8 Å². The van der Waals surface area contributed by atoms with E-state index in [0.717, 1.165) is 41.1 Å². The number of nitrogens with zero attached hydrogens (tertiary/aromatic N) is 2. The molecule has 39 heavy (non-hydrogen) atoms. The first-order chi connectivity index (χ1) is 18.8. The Morgan fingerprint density at radius 3 is 2.54 bits per heavy atom. The Labute approximate surface area is 239 Å². The molecule has 0 spiro atoms. The summed E-state index contributed by atoms with van der Waals surface area (Å²) < 4.78 is 0. The fraction of sp³-hybridized carbons (Fsp3) is 0.273. The minimum absolute atomic E-state index is 0.0701. The van der Waals surface area contributed by atoms with Gasteiger partial charge in [0.2, 0.25) is 0 Å². The zero-order chi connectivity index (χ0) is 27.1. The van der Waals surface area contributed by atoms with E-state index in [4.69, 9.17) is 4.99 Å². The molecule has 1 aliphatic heterocycles. The molecule has 1 amide bonds. The summed E-state index contributed by atoms with van der Waals surface area (Å²) in [5.41, 5.74) is 6.41. The summed E-state index contributed by atoms with van der Waals surface area (Å²) in [6.07, 6.45) is 4.94. The van der Waals surface area contributed by atoms with E-state index in [1.165, 1.54) is 31.6 Å². The van der Waals surface area contributed by atoms with Gasteiger partial charge in [0.05, 0.1) is 16.9 Å². The van der Waals surface area contributed by atoms with Crippen molar-refractivity contribution in [3.05, 3.63) is 94.4 Å². The summed E-state index contributed by atoms with van der Waals surface area (Å²) in [6, 6.07) is 24.6. The molecule has 4 nitrogen and oxygen atoms in total. The van der Waals surface area contributed by atoms with E-state index in [9.17, 15) is 4.79 Å². The summed E-state index contributed by atoms with van der Waals surface area (Å²) in [5, 5.41) is 3.92. The molecule has 1 atom stereocenters. The Morgan fingerprint density at radius 1 is 1.00 bits per heavy atom. The number of benzene rings is 3. The number of nitrogens with one attached hydrogen (secondary N) is 1. The molecule has 6 heteroatoms. The minimum atomic E-state index is -0.0701. The average molecular weight is 552 g/mol. The van der Waals surface area contributed by atoms with Crippen LogP contribution in [0.15, 0.2) is 87.6 Å². The van der Waals surface area contributed by atoms with Crippen LogP contribution in [0.25, 0.3) is 0 Å². The van der Waals surface area contributed by atoms with E-state index < -0.39 is 0 Å². The Bertz CT molecular complexity index is 1570. The Hall–Kier alpha value is -3.35. The first-order valence-corrected chi connectivity index (χ1v) is 15.1. The molecule has 1 unspecified atom stereocenters. The van der Waals surface area contributed by atoms with Crippen molar-refractivity contribution in [2.45, 2.75) is 49.8 Å². The maximum absolute atomic E-state index is 13.6. The molecule has 0 bridgehead atoms. The van der Waals surface area contributed by atoms with E-state index in [1.807, 2.05) is 36.5 Å². The number of fused-ring (bicyclic) bond motifs is 3. The van der Waals surface area contributed by atoms with Crippen LogP contribution in [0.1, 0.15) is 53.6 Å². The highest BCUT2D eigenvalue weighted by Gasteiger charge is 2.33. The molecule has 0 fully saturated rings. The molecule has 0 saturated heterocycles. The number of para-hydroxylation sites is 2. The monoisotopic (exact) mass is 551 g/mol. The Kier molecular flexibility index (Phi) is 6.86. The van der Waals surface area contributed by atoms with Gasteiger partial charge in [-0.1, -0.05) is 68.9 Å². The van der Waals surface area contributed by atoms with Gasteiger partial charge in [0, 0.05) is 33.6 Å². The van der Waals surface area contributed by atoms with Gasteiger partial charge in [0.15, 0.2) is 0 Å². The van der Waals surface area contributed by atoms with Gasteiger partial charge >= 0.3 is 0 Å². The lowest BCUT2D eigenvalue weighted by atomic mass is 9.72. The van der Waals surface area contributed by atoms with Crippen LogP contribution in [0.5, 0.6) is 0 Å². The lowest BCUT2D eigenvalue weighted by Gasteiger charge is -2.33. The molecule has 1 aliphatic carbocycles. The molecule has 198 valence electrons. The van der Waals surface area contributed by atoms with Crippen molar-refractivity contribution in [1.29, 1.82) is 0 Å². The molecular weight excluding hydrogens is 519 g/mol. The van der Waals surface area contributed by atoms with Crippen LogP contribution in [-0.4, -0.2) is 19.2 Å². The van der Waals surface area contributed by atoms with Crippen LogP contribution in [0.2, 0.25) is 0 Å². The minimum Gasteiger partial charge on any atom is -0.343 e. The van der Waals surface area contributed by atoms with Crippen LogP contribution in [0.3, 0.4) is 0 Å². The van der Waals surface area contributed by atoms with E-state index in [0.29, 0.717) is 5.92 Å². The smallest absolute Gasteiger partial charge is 0.259 e. The molecule has 1 aromatic heterocycles. The number of aliphatic imine (C=N–C) groups is 1. The van der Waals surface area contributed by atoms with Gasteiger partial charge in [-0.3, -0.25) is 4.79 Å². The number of amides is 1. The van der Waals surface area contributed by atoms with Crippen LogP contribution in [0.4, 0.5) is 22.1 Å². The third-order valence-electron chi connectivity index (χ3n) is 7.85. The van der Waals surface area contributed by atoms with Gasteiger partial charge in [-0.2, -0.15) is 0 Å². The van der Waals surface area contributed by atoms with E-state index in [2.05, 4.69) is 80.5 Å². The van der Waals surface area contributed by atoms with Crippen LogP contribution in [0, 0.1) is 11.3 Å². The largest absolute Gasteiger partial charge is 0.343 e. The highest BCUT2D eigenvalue weighted by Crippen LogP contribution is 2.48. The second-order valence-corrected chi connectivity index (χ2v) is 13.6. The predicted octanol–water partition coefficient (Wildman–Crippen LogP) is 9.13. The van der Waals surface area contributed by atoms with Crippen LogP contribution < -0.4 is 10.2 Å². The number of hydrogen-bond acceptors (Lipinski definition) is 5.